The van der Waals surface area contributed by atoms with Crippen LogP contribution in [0.2, 0.25) is 5.02 Å². The Morgan fingerprint density at radius 1 is 1.04 bits per heavy atom. The van der Waals surface area contributed by atoms with Crippen molar-refractivity contribution in [3.63, 3.8) is 0 Å². The lowest BCUT2D eigenvalue weighted by Gasteiger charge is -2.19. The molecular weight excluding hydrogens is 398 g/mol. The van der Waals surface area contributed by atoms with Crippen LogP contribution in [0.4, 0.5) is 5.69 Å². The van der Waals surface area contributed by atoms with E-state index in [-0.39, 0.29) is 23.4 Å². The number of hydrogen-bond acceptors (Lipinski definition) is 4. The Morgan fingerprint density at radius 3 is 2.14 bits per heavy atom. The van der Waals surface area contributed by atoms with Crippen LogP contribution in [0, 0.1) is 0 Å². The first-order valence-corrected chi connectivity index (χ1v) is 11.0. The average Bonchev–Trinajstić information content (AvgIpc) is 2.68. The molecule has 2 aromatic rings. The molecule has 0 radical (unpaired) electrons. The van der Waals surface area contributed by atoms with E-state index >= 15 is 0 Å². The molecule has 0 saturated carbocycles. The molecule has 0 aliphatic carbocycles. The van der Waals surface area contributed by atoms with Crippen LogP contribution in [-0.2, 0) is 14.8 Å². The van der Waals surface area contributed by atoms with Crippen LogP contribution in [0.1, 0.15) is 32.4 Å². The minimum Gasteiger partial charge on any atom is -0.325 e. The van der Waals surface area contributed by atoms with Gasteiger partial charge < -0.3 is 10.6 Å². The first-order valence-electron chi connectivity index (χ1n) is 9.16. The molecule has 0 fully saturated rings. The van der Waals surface area contributed by atoms with Crippen molar-refractivity contribution in [2.24, 2.45) is 0 Å². The number of nitrogens with zero attached hydrogens (tertiary/aromatic N) is 1. The van der Waals surface area contributed by atoms with E-state index in [1.807, 2.05) is 20.8 Å². The first-order chi connectivity index (χ1) is 13.3. The summed E-state index contributed by atoms with van der Waals surface area (Å²) in [6, 6.07) is 13.5. The number of halogens is 1. The SMILES string of the molecule is CCN(CC)S(=O)(=O)c1ccc([C@H](C)NCC(=O)Nc2ccc(Cl)cc2)cc1. The number of benzene rings is 2. The number of carbonyl (C=O) groups is 1. The highest BCUT2D eigenvalue weighted by molar-refractivity contribution is 7.89. The molecule has 0 spiro atoms. The van der Waals surface area contributed by atoms with Crippen molar-refractivity contribution >= 4 is 33.2 Å². The van der Waals surface area contributed by atoms with Gasteiger partial charge in [0.25, 0.3) is 0 Å². The zero-order valence-electron chi connectivity index (χ0n) is 16.3. The lowest BCUT2D eigenvalue weighted by molar-refractivity contribution is -0.115. The molecule has 1 amide bonds. The van der Waals surface area contributed by atoms with Gasteiger partial charge in [0, 0.05) is 29.8 Å². The highest BCUT2D eigenvalue weighted by Gasteiger charge is 2.21. The molecule has 2 N–H and O–H groups in total. The van der Waals surface area contributed by atoms with Gasteiger partial charge in [-0.2, -0.15) is 4.31 Å². The third-order valence-electron chi connectivity index (χ3n) is 4.42. The zero-order valence-corrected chi connectivity index (χ0v) is 17.8. The Labute approximate surface area is 171 Å². The average molecular weight is 424 g/mol. The minimum absolute atomic E-state index is 0.110. The summed E-state index contributed by atoms with van der Waals surface area (Å²) in [5.74, 6) is -0.171. The van der Waals surface area contributed by atoms with Crippen LogP contribution in [0.3, 0.4) is 0 Å². The van der Waals surface area contributed by atoms with Gasteiger partial charge in [0.05, 0.1) is 11.4 Å². The van der Waals surface area contributed by atoms with Gasteiger partial charge >= 0.3 is 0 Å². The Morgan fingerprint density at radius 2 is 1.61 bits per heavy atom. The number of anilines is 1. The molecule has 2 rings (SSSR count). The van der Waals surface area contributed by atoms with Crippen molar-refractivity contribution in [2.75, 3.05) is 25.0 Å². The molecule has 152 valence electrons. The van der Waals surface area contributed by atoms with Gasteiger partial charge in [-0.05, 0) is 48.9 Å². The van der Waals surface area contributed by atoms with Crippen molar-refractivity contribution in [2.45, 2.75) is 31.7 Å². The maximum atomic E-state index is 12.5. The van der Waals surface area contributed by atoms with E-state index in [2.05, 4.69) is 10.6 Å². The van der Waals surface area contributed by atoms with Crippen molar-refractivity contribution in [3.05, 3.63) is 59.1 Å². The summed E-state index contributed by atoms with van der Waals surface area (Å²) in [6.07, 6.45) is 0. The van der Waals surface area contributed by atoms with Crippen LogP contribution in [0.15, 0.2) is 53.4 Å². The van der Waals surface area contributed by atoms with Gasteiger partial charge in [-0.15, -0.1) is 0 Å². The van der Waals surface area contributed by atoms with Crippen molar-refractivity contribution < 1.29 is 13.2 Å². The molecule has 2 aromatic carbocycles. The Hall–Kier alpha value is -1.93. The fraction of sp³-hybridized carbons (Fsp3) is 0.350. The summed E-state index contributed by atoms with van der Waals surface area (Å²) in [4.78, 5) is 12.3. The lowest BCUT2D eigenvalue weighted by Crippen LogP contribution is -2.31. The normalized spacial score (nSPS) is 12.8. The van der Waals surface area contributed by atoms with E-state index in [9.17, 15) is 13.2 Å². The van der Waals surface area contributed by atoms with Crippen LogP contribution in [0.25, 0.3) is 0 Å². The Kier molecular flexibility index (Phi) is 8.00. The lowest BCUT2D eigenvalue weighted by atomic mass is 10.1. The molecular formula is C20H26ClN3O3S. The van der Waals surface area contributed by atoms with E-state index < -0.39 is 10.0 Å². The fourth-order valence-electron chi connectivity index (χ4n) is 2.74. The second kappa shape index (κ2) is 10.0. The number of sulfonamides is 1. The summed E-state index contributed by atoms with van der Waals surface area (Å²) in [6.45, 7) is 6.54. The van der Waals surface area contributed by atoms with Crippen molar-refractivity contribution in [3.8, 4) is 0 Å². The molecule has 1 atom stereocenters. The molecule has 0 aromatic heterocycles. The van der Waals surface area contributed by atoms with Crippen molar-refractivity contribution in [1.29, 1.82) is 0 Å². The quantitative estimate of drug-likeness (QED) is 0.645. The van der Waals surface area contributed by atoms with E-state index in [4.69, 9.17) is 11.6 Å². The second-order valence-electron chi connectivity index (χ2n) is 6.32. The third-order valence-corrected chi connectivity index (χ3v) is 6.74. The van der Waals surface area contributed by atoms with Gasteiger partial charge in [-0.3, -0.25) is 4.79 Å². The Balaban J connectivity index is 1.94. The molecule has 0 aliphatic rings. The smallest absolute Gasteiger partial charge is 0.243 e. The highest BCUT2D eigenvalue weighted by atomic mass is 35.5. The number of hydrogen-bond donors (Lipinski definition) is 2. The van der Waals surface area contributed by atoms with Crippen LogP contribution in [0.5, 0.6) is 0 Å². The van der Waals surface area contributed by atoms with Gasteiger partial charge in [0.1, 0.15) is 0 Å². The minimum atomic E-state index is -3.47. The van der Waals surface area contributed by atoms with Crippen LogP contribution in [-0.4, -0.2) is 38.3 Å². The maximum Gasteiger partial charge on any atom is 0.243 e. The third kappa shape index (κ3) is 5.78. The molecule has 0 unspecified atom stereocenters. The maximum absolute atomic E-state index is 12.5. The van der Waals surface area contributed by atoms with Crippen molar-refractivity contribution in [1.82, 2.24) is 9.62 Å². The zero-order chi connectivity index (χ0) is 20.7. The van der Waals surface area contributed by atoms with E-state index in [1.165, 1.54) is 4.31 Å². The summed E-state index contributed by atoms with van der Waals surface area (Å²) >= 11 is 5.83. The Bertz CT molecular complexity index is 880. The van der Waals surface area contributed by atoms with E-state index in [1.54, 1.807) is 48.5 Å². The molecule has 6 nitrogen and oxygen atoms in total. The summed E-state index contributed by atoms with van der Waals surface area (Å²) < 4.78 is 26.5. The van der Waals surface area contributed by atoms with Crippen LogP contribution < -0.4 is 10.6 Å². The molecule has 28 heavy (non-hydrogen) atoms. The standard InChI is InChI=1S/C20H26ClN3O3S/c1-4-24(5-2)28(26,27)19-12-6-16(7-13-19)15(3)22-14-20(25)23-18-10-8-17(21)9-11-18/h6-13,15,22H,4-5,14H2,1-3H3,(H,23,25)/t15-/m0/s1. The number of carbonyl (C=O) groups excluding carboxylic acids is 1. The van der Waals surface area contributed by atoms with E-state index in [0.29, 0.717) is 23.8 Å². The monoisotopic (exact) mass is 423 g/mol. The molecule has 0 heterocycles. The fourth-order valence-corrected chi connectivity index (χ4v) is 4.33. The van der Waals surface area contributed by atoms with Gasteiger partial charge in [-0.25, -0.2) is 8.42 Å². The van der Waals surface area contributed by atoms with Gasteiger partial charge in [0.15, 0.2) is 0 Å². The molecule has 0 saturated heterocycles. The predicted octanol–water partition coefficient (Wildman–Crippen LogP) is 3.66. The predicted molar refractivity (Wildman–Crippen MR) is 113 cm³/mol. The van der Waals surface area contributed by atoms with Gasteiger partial charge in [-0.1, -0.05) is 37.6 Å². The summed E-state index contributed by atoms with van der Waals surface area (Å²) in [5.41, 5.74) is 1.58. The molecule has 0 aliphatic heterocycles. The van der Waals surface area contributed by atoms with E-state index in [0.717, 1.165) is 5.56 Å². The summed E-state index contributed by atoms with van der Waals surface area (Å²) in [5, 5.41) is 6.53. The molecule has 0 bridgehead atoms. The first kappa shape index (κ1) is 22.4. The number of amides is 1. The van der Waals surface area contributed by atoms with Gasteiger partial charge in [0.2, 0.25) is 15.9 Å². The topological polar surface area (TPSA) is 78.5 Å². The second-order valence-corrected chi connectivity index (χ2v) is 8.69. The molecule has 8 heteroatoms. The van der Waals surface area contributed by atoms with Crippen LogP contribution >= 0.6 is 11.6 Å². The summed E-state index contributed by atoms with van der Waals surface area (Å²) in [7, 11) is -3.47. The number of rotatable bonds is 9. The largest absolute Gasteiger partial charge is 0.325 e. The highest BCUT2D eigenvalue weighted by Crippen LogP contribution is 2.19. The number of nitrogens with one attached hydrogen (secondary N) is 2.